The molecule has 0 saturated heterocycles. The van der Waals surface area contributed by atoms with Gasteiger partial charge in [0.05, 0.1) is 15.7 Å². The third-order valence-electron chi connectivity index (χ3n) is 2.80. The first-order valence-corrected chi connectivity index (χ1v) is 7.88. The summed E-state index contributed by atoms with van der Waals surface area (Å²) in [6.45, 7) is 9.60. The fourth-order valence-electron chi connectivity index (χ4n) is 1.81. The van der Waals surface area contributed by atoms with Crippen molar-refractivity contribution in [2.24, 2.45) is 5.92 Å². The van der Waals surface area contributed by atoms with Gasteiger partial charge in [-0.05, 0) is 50.8 Å². The van der Waals surface area contributed by atoms with Gasteiger partial charge in [0.25, 0.3) is 0 Å². The van der Waals surface area contributed by atoms with Gasteiger partial charge in [0.15, 0.2) is 0 Å². The molecule has 20 heavy (non-hydrogen) atoms. The van der Waals surface area contributed by atoms with Crippen LogP contribution in [-0.2, 0) is 11.0 Å². The SMILES string of the molecule is CC(C)CC(N[S@@](=O)C(C)(C)C)c1cc(F)cc(F)c1. The highest BCUT2D eigenvalue weighted by Gasteiger charge is 2.24. The zero-order chi connectivity index (χ0) is 15.5. The predicted octanol–water partition coefficient (Wildman–Crippen LogP) is 4.10. The minimum atomic E-state index is -1.29. The van der Waals surface area contributed by atoms with E-state index < -0.39 is 27.4 Å². The van der Waals surface area contributed by atoms with Crippen LogP contribution >= 0.6 is 0 Å². The third-order valence-corrected chi connectivity index (χ3v) is 4.41. The van der Waals surface area contributed by atoms with Crippen molar-refractivity contribution in [2.75, 3.05) is 0 Å². The number of halogens is 2. The summed E-state index contributed by atoms with van der Waals surface area (Å²) in [6.07, 6.45) is 0.657. The van der Waals surface area contributed by atoms with E-state index in [-0.39, 0.29) is 6.04 Å². The van der Waals surface area contributed by atoms with E-state index in [0.717, 1.165) is 6.07 Å². The maximum absolute atomic E-state index is 13.4. The number of benzene rings is 1. The lowest BCUT2D eigenvalue weighted by atomic mass is 9.98. The van der Waals surface area contributed by atoms with Crippen LogP contribution in [0.5, 0.6) is 0 Å². The average Bonchev–Trinajstić information content (AvgIpc) is 2.24. The van der Waals surface area contributed by atoms with Crippen molar-refractivity contribution in [2.45, 2.75) is 51.8 Å². The van der Waals surface area contributed by atoms with E-state index >= 15 is 0 Å². The number of rotatable bonds is 5. The van der Waals surface area contributed by atoms with Gasteiger partial charge in [-0.15, -0.1) is 0 Å². The van der Waals surface area contributed by atoms with Gasteiger partial charge in [0, 0.05) is 12.1 Å². The smallest absolute Gasteiger partial charge is 0.126 e. The zero-order valence-corrected chi connectivity index (χ0v) is 13.5. The van der Waals surface area contributed by atoms with Crippen LogP contribution in [0.2, 0.25) is 0 Å². The van der Waals surface area contributed by atoms with Gasteiger partial charge < -0.3 is 0 Å². The second kappa shape index (κ2) is 6.76. The van der Waals surface area contributed by atoms with Gasteiger partial charge in [0.1, 0.15) is 11.6 Å². The molecule has 1 rings (SSSR count). The Balaban J connectivity index is 3.03. The van der Waals surface area contributed by atoms with E-state index in [1.165, 1.54) is 12.1 Å². The molecule has 0 bridgehead atoms. The van der Waals surface area contributed by atoms with E-state index in [2.05, 4.69) is 4.72 Å². The molecule has 1 aromatic carbocycles. The van der Waals surface area contributed by atoms with Gasteiger partial charge in [-0.3, -0.25) is 0 Å². The molecule has 0 spiro atoms. The van der Waals surface area contributed by atoms with Crippen molar-refractivity contribution < 1.29 is 13.0 Å². The summed E-state index contributed by atoms with van der Waals surface area (Å²) in [7, 11) is -1.29. The van der Waals surface area contributed by atoms with Crippen molar-refractivity contribution in [3.05, 3.63) is 35.4 Å². The quantitative estimate of drug-likeness (QED) is 0.871. The minimum Gasteiger partial charge on any atom is -0.242 e. The van der Waals surface area contributed by atoms with Crippen molar-refractivity contribution in [1.29, 1.82) is 0 Å². The molecule has 0 fully saturated rings. The maximum atomic E-state index is 13.4. The summed E-state index contributed by atoms with van der Waals surface area (Å²) >= 11 is 0. The largest absolute Gasteiger partial charge is 0.242 e. The predicted molar refractivity (Wildman–Crippen MR) is 79.6 cm³/mol. The Labute approximate surface area is 122 Å². The van der Waals surface area contributed by atoms with Crippen LogP contribution in [0, 0.1) is 17.6 Å². The first-order chi connectivity index (χ1) is 9.09. The van der Waals surface area contributed by atoms with Crippen molar-refractivity contribution in [3.8, 4) is 0 Å². The van der Waals surface area contributed by atoms with Crippen molar-refractivity contribution in [1.82, 2.24) is 4.72 Å². The normalized spacial score (nSPS) is 15.4. The van der Waals surface area contributed by atoms with Crippen LogP contribution in [0.4, 0.5) is 8.78 Å². The van der Waals surface area contributed by atoms with Crippen LogP contribution in [0.25, 0.3) is 0 Å². The summed E-state index contributed by atoms with van der Waals surface area (Å²) in [6, 6.07) is 3.10. The highest BCUT2D eigenvalue weighted by Crippen LogP contribution is 2.25. The molecule has 1 N–H and O–H groups in total. The summed E-state index contributed by atoms with van der Waals surface area (Å²) in [4.78, 5) is 0. The molecular formula is C15H23F2NOS. The summed E-state index contributed by atoms with van der Waals surface area (Å²) in [5.74, 6) is -0.912. The zero-order valence-electron chi connectivity index (χ0n) is 12.7. The summed E-state index contributed by atoms with van der Waals surface area (Å²) < 4.78 is 41.5. The van der Waals surface area contributed by atoms with Gasteiger partial charge in [-0.2, -0.15) is 0 Å². The van der Waals surface area contributed by atoms with Gasteiger partial charge in [0.2, 0.25) is 0 Å². The topological polar surface area (TPSA) is 29.1 Å². The Morgan fingerprint density at radius 1 is 1.15 bits per heavy atom. The standard InChI is InChI=1S/C15H23F2NOS/c1-10(2)6-14(18-20(19)15(3,4)5)11-7-12(16)9-13(17)8-11/h7-10,14,18H,6H2,1-5H3/t14?,20-/m0/s1. The monoisotopic (exact) mass is 303 g/mol. The van der Waals surface area contributed by atoms with E-state index in [1.54, 1.807) is 0 Å². The fourth-order valence-corrected chi connectivity index (χ4v) is 2.65. The average molecular weight is 303 g/mol. The minimum absolute atomic E-state index is 0.316. The molecule has 0 aromatic heterocycles. The van der Waals surface area contributed by atoms with Gasteiger partial charge in [-0.1, -0.05) is 13.8 Å². The van der Waals surface area contributed by atoms with E-state index in [9.17, 15) is 13.0 Å². The van der Waals surface area contributed by atoms with Crippen molar-refractivity contribution in [3.63, 3.8) is 0 Å². The Morgan fingerprint density at radius 3 is 2.05 bits per heavy atom. The number of hydrogen-bond acceptors (Lipinski definition) is 1. The fraction of sp³-hybridized carbons (Fsp3) is 0.600. The second-order valence-electron chi connectivity index (χ2n) is 6.38. The lowest BCUT2D eigenvalue weighted by Gasteiger charge is -2.25. The first-order valence-electron chi connectivity index (χ1n) is 6.73. The second-order valence-corrected chi connectivity index (χ2v) is 8.38. The van der Waals surface area contributed by atoms with Crippen molar-refractivity contribution >= 4 is 11.0 Å². The van der Waals surface area contributed by atoms with Gasteiger partial charge in [-0.25, -0.2) is 17.7 Å². The molecule has 0 saturated carbocycles. The Hall–Kier alpha value is -0.810. The molecule has 2 nitrogen and oxygen atoms in total. The van der Waals surface area contributed by atoms with Gasteiger partial charge >= 0.3 is 0 Å². The molecule has 5 heteroatoms. The maximum Gasteiger partial charge on any atom is 0.126 e. The van der Waals surface area contributed by atoms with E-state index in [4.69, 9.17) is 0 Å². The Bertz CT molecular complexity index is 463. The molecule has 114 valence electrons. The Morgan fingerprint density at radius 2 is 1.65 bits per heavy atom. The molecule has 0 heterocycles. The number of nitrogens with one attached hydrogen (secondary N) is 1. The molecule has 0 amide bonds. The summed E-state index contributed by atoms with van der Waals surface area (Å²) in [5, 5.41) is 0. The third kappa shape index (κ3) is 5.29. The molecule has 0 radical (unpaired) electrons. The lowest BCUT2D eigenvalue weighted by Crippen LogP contribution is -2.36. The highest BCUT2D eigenvalue weighted by molar-refractivity contribution is 7.84. The van der Waals surface area contributed by atoms with Crippen LogP contribution in [0.3, 0.4) is 0 Å². The summed E-state index contributed by atoms with van der Waals surface area (Å²) in [5.41, 5.74) is 0.494. The molecule has 1 aromatic rings. The van der Waals surface area contributed by atoms with E-state index in [1.807, 2.05) is 34.6 Å². The van der Waals surface area contributed by atoms with Crippen LogP contribution in [0.15, 0.2) is 18.2 Å². The molecular weight excluding hydrogens is 280 g/mol. The molecule has 2 atom stereocenters. The molecule has 0 aliphatic rings. The highest BCUT2D eigenvalue weighted by atomic mass is 32.2. The molecule has 0 aliphatic carbocycles. The van der Waals surface area contributed by atoms with E-state index in [0.29, 0.717) is 17.9 Å². The molecule has 0 aliphatic heterocycles. The lowest BCUT2D eigenvalue weighted by molar-refractivity contribution is 0.474. The number of hydrogen-bond donors (Lipinski definition) is 1. The van der Waals surface area contributed by atoms with Crippen LogP contribution in [-0.4, -0.2) is 8.96 Å². The van der Waals surface area contributed by atoms with Crippen LogP contribution < -0.4 is 4.72 Å². The molecule has 1 unspecified atom stereocenters. The Kier molecular flexibility index (Phi) is 5.83. The first kappa shape index (κ1) is 17.2. The van der Waals surface area contributed by atoms with Crippen LogP contribution in [0.1, 0.15) is 52.6 Å².